The number of nitrogens with one attached hydrogen (secondary N) is 1. The SMILES string of the molecule is CSCCN1CCn2c(c(Br)cc(C(=O)NCc3ccc(Cl)cc3)c2=O)C1=O. The maximum Gasteiger partial charge on any atom is 0.271 e. The second kappa shape index (κ2) is 9.15. The number of hydrogen-bond acceptors (Lipinski definition) is 4. The Morgan fingerprint density at radius 3 is 2.64 bits per heavy atom. The third-order valence-corrected chi connectivity index (χ3v) is 5.95. The van der Waals surface area contributed by atoms with Crippen LogP contribution >= 0.6 is 39.3 Å². The molecule has 1 aliphatic rings. The molecule has 0 spiro atoms. The summed E-state index contributed by atoms with van der Waals surface area (Å²) < 4.78 is 1.83. The number of thioether (sulfide) groups is 1. The Kier molecular flexibility index (Phi) is 6.85. The molecule has 9 heteroatoms. The number of pyridine rings is 1. The molecular formula is C19H19BrClN3O3S. The highest BCUT2D eigenvalue weighted by atomic mass is 79.9. The Bertz CT molecular complexity index is 962. The first kappa shape index (κ1) is 21.0. The normalized spacial score (nSPS) is 13.4. The highest BCUT2D eigenvalue weighted by molar-refractivity contribution is 9.10. The molecule has 6 nitrogen and oxygen atoms in total. The van der Waals surface area contributed by atoms with E-state index < -0.39 is 11.5 Å². The largest absolute Gasteiger partial charge is 0.348 e. The quantitative estimate of drug-likeness (QED) is 0.684. The molecule has 2 amide bonds. The van der Waals surface area contributed by atoms with Crippen molar-refractivity contribution in [1.29, 1.82) is 0 Å². The Morgan fingerprint density at radius 1 is 1.25 bits per heavy atom. The minimum atomic E-state index is -0.479. The van der Waals surface area contributed by atoms with Crippen LogP contribution in [0.15, 0.2) is 39.6 Å². The number of carbonyl (C=O) groups excluding carboxylic acids is 2. The molecule has 1 aromatic heterocycles. The van der Waals surface area contributed by atoms with Crippen LogP contribution in [0.25, 0.3) is 0 Å². The average molecular weight is 485 g/mol. The average Bonchev–Trinajstić information content (AvgIpc) is 2.69. The lowest BCUT2D eigenvalue weighted by atomic mass is 10.1. The lowest BCUT2D eigenvalue weighted by Gasteiger charge is -2.30. The van der Waals surface area contributed by atoms with E-state index >= 15 is 0 Å². The first-order chi connectivity index (χ1) is 13.4. The van der Waals surface area contributed by atoms with Crippen molar-refractivity contribution >= 4 is 51.1 Å². The molecule has 2 aromatic rings. The summed E-state index contributed by atoms with van der Waals surface area (Å²) in [5.41, 5.74) is 0.723. The van der Waals surface area contributed by atoms with Gasteiger partial charge >= 0.3 is 0 Å². The lowest BCUT2D eigenvalue weighted by molar-refractivity contribution is 0.0709. The van der Waals surface area contributed by atoms with Crippen LogP contribution < -0.4 is 10.9 Å². The van der Waals surface area contributed by atoms with Gasteiger partial charge in [0.05, 0.1) is 0 Å². The van der Waals surface area contributed by atoms with E-state index in [1.165, 1.54) is 10.6 Å². The van der Waals surface area contributed by atoms with E-state index in [0.29, 0.717) is 34.8 Å². The lowest BCUT2D eigenvalue weighted by Crippen LogP contribution is -2.47. The van der Waals surface area contributed by atoms with Gasteiger partial charge in [-0.15, -0.1) is 0 Å². The van der Waals surface area contributed by atoms with Crippen LogP contribution in [0, 0.1) is 0 Å². The van der Waals surface area contributed by atoms with Crippen LogP contribution in [0.1, 0.15) is 26.4 Å². The molecule has 0 atom stereocenters. The molecule has 1 aliphatic heterocycles. The van der Waals surface area contributed by atoms with Crippen LogP contribution in [0.3, 0.4) is 0 Å². The summed E-state index contributed by atoms with van der Waals surface area (Å²) in [4.78, 5) is 39.8. The minimum Gasteiger partial charge on any atom is -0.348 e. The molecule has 1 N–H and O–H groups in total. The molecule has 0 saturated heterocycles. The second-order valence-electron chi connectivity index (χ2n) is 6.31. The summed E-state index contributed by atoms with van der Waals surface area (Å²) in [7, 11) is 0. The first-order valence-electron chi connectivity index (χ1n) is 8.66. The van der Waals surface area contributed by atoms with Crippen molar-refractivity contribution in [3.8, 4) is 0 Å². The topological polar surface area (TPSA) is 71.4 Å². The van der Waals surface area contributed by atoms with Crippen LogP contribution in [0.5, 0.6) is 0 Å². The summed E-state index contributed by atoms with van der Waals surface area (Å²) in [5, 5.41) is 3.36. The van der Waals surface area contributed by atoms with Gasteiger partial charge in [-0.2, -0.15) is 11.8 Å². The number of halogens is 2. The van der Waals surface area contributed by atoms with Crippen molar-refractivity contribution < 1.29 is 9.59 Å². The van der Waals surface area contributed by atoms with E-state index in [1.54, 1.807) is 40.9 Å². The van der Waals surface area contributed by atoms with Gasteiger partial charge in [-0.3, -0.25) is 14.4 Å². The predicted octanol–water partition coefficient (Wildman–Crippen LogP) is 3.01. The van der Waals surface area contributed by atoms with Crippen molar-refractivity contribution in [2.24, 2.45) is 0 Å². The van der Waals surface area contributed by atoms with Gasteiger partial charge in [-0.25, -0.2) is 0 Å². The van der Waals surface area contributed by atoms with E-state index in [-0.39, 0.29) is 18.0 Å². The van der Waals surface area contributed by atoms with Gasteiger partial charge in [-0.05, 0) is 45.9 Å². The first-order valence-corrected chi connectivity index (χ1v) is 11.2. The molecule has 0 aliphatic carbocycles. The van der Waals surface area contributed by atoms with Crippen LogP contribution in [0.2, 0.25) is 5.02 Å². The number of aromatic nitrogens is 1. The summed E-state index contributed by atoms with van der Waals surface area (Å²) in [6.07, 6.45) is 1.98. The van der Waals surface area contributed by atoms with Gasteiger partial charge in [-0.1, -0.05) is 23.7 Å². The summed E-state index contributed by atoms with van der Waals surface area (Å²) in [6, 6.07) is 8.52. The molecular weight excluding hydrogens is 466 g/mol. The molecule has 0 unspecified atom stereocenters. The molecule has 0 bridgehead atoms. The number of nitrogens with zero attached hydrogens (tertiary/aromatic N) is 2. The van der Waals surface area contributed by atoms with Gasteiger partial charge in [0.2, 0.25) is 0 Å². The van der Waals surface area contributed by atoms with Crippen molar-refractivity contribution in [2.45, 2.75) is 13.1 Å². The van der Waals surface area contributed by atoms with Gasteiger partial charge < -0.3 is 14.8 Å². The zero-order valence-corrected chi connectivity index (χ0v) is 18.4. The number of hydrogen-bond donors (Lipinski definition) is 1. The second-order valence-corrected chi connectivity index (χ2v) is 8.58. The van der Waals surface area contributed by atoms with Crippen molar-refractivity contribution in [3.63, 3.8) is 0 Å². The Labute approximate surface area is 180 Å². The smallest absolute Gasteiger partial charge is 0.271 e. The standard InChI is InChI=1S/C19H19BrClN3O3S/c1-28-9-8-23-6-7-24-16(19(23)27)15(20)10-14(18(24)26)17(25)22-11-12-2-4-13(21)5-3-12/h2-5,10H,6-9,11H2,1H3,(H,22,25). The van der Waals surface area contributed by atoms with E-state index in [2.05, 4.69) is 21.2 Å². The fraction of sp³-hybridized carbons (Fsp3) is 0.316. The summed E-state index contributed by atoms with van der Waals surface area (Å²) in [5.74, 6) is 0.157. The minimum absolute atomic E-state index is 0.00922. The third kappa shape index (κ3) is 4.45. The zero-order chi connectivity index (χ0) is 20.3. The van der Waals surface area contributed by atoms with E-state index in [0.717, 1.165) is 11.3 Å². The number of fused-ring (bicyclic) bond motifs is 1. The number of benzene rings is 1. The van der Waals surface area contributed by atoms with Gasteiger partial charge in [0.1, 0.15) is 11.3 Å². The Balaban J connectivity index is 1.81. The van der Waals surface area contributed by atoms with E-state index in [9.17, 15) is 14.4 Å². The molecule has 0 saturated carbocycles. The molecule has 1 aromatic carbocycles. The number of rotatable bonds is 6. The van der Waals surface area contributed by atoms with E-state index in [4.69, 9.17) is 11.6 Å². The molecule has 3 rings (SSSR count). The fourth-order valence-electron chi connectivity index (χ4n) is 2.99. The molecule has 148 valence electrons. The van der Waals surface area contributed by atoms with Gasteiger partial charge in [0.15, 0.2) is 0 Å². The molecule has 0 fully saturated rings. The highest BCUT2D eigenvalue weighted by Gasteiger charge is 2.29. The molecule has 2 heterocycles. The van der Waals surface area contributed by atoms with Crippen LogP contribution in [-0.2, 0) is 13.1 Å². The number of carbonyl (C=O) groups is 2. The summed E-state index contributed by atoms with van der Waals surface area (Å²) >= 11 is 10.9. The van der Waals surface area contributed by atoms with Crippen LogP contribution in [-0.4, -0.2) is 46.4 Å². The maximum atomic E-state index is 12.8. The highest BCUT2D eigenvalue weighted by Crippen LogP contribution is 2.22. The monoisotopic (exact) mass is 483 g/mol. The zero-order valence-electron chi connectivity index (χ0n) is 15.2. The van der Waals surface area contributed by atoms with Crippen molar-refractivity contribution in [3.05, 3.63) is 67.0 Å². The summed E-state index contributed by atoms with van der Waals surface area (Å²) in [6.45, 7) is 1.72. The predicted molar refractivity (Wildman–Crippen MR) is 115 cm³/mol. The Hall–Kier alpha value is -1.77. The van der Waals surface area contributed by atoms with E-state index in [1.807, 2.05) is 6.26 Å². The van der Waals surface area contributed by atoms with Crippen molar-refractivity contribution in [1.82, 2.24) is 14.8 Å². The number of amides is 2. The third-order valence-electron chi connectivity index (χ3n) is 4.50. The maximum absolute atomic E-state index is 12.8. The van der Waals surface area contributed by atoms with Crippen molar-refractivity contribution in [2.75, 3.05) is 25.1 Å². The molecule has 0 radical (unpaired) electrons. The van der Waals surface area contributed by atoms with Gasteiger partial charge in [0.25, 0.3) is 17.4 Å². The van der Waals surface area contributed by atoms with Gasteiger partial charge in [0, 0.05) is 41.4 Å². The molecule has 28 heavy (non-hydrogen) atoms. The fourth-order valence-corrected chi connectivity index (χ4v) is 4.13. The van der Waals surface area contributed by atoms with Crippen LogP contribution in [0.4, 0.5) is 0 Å². The Morgan fingerprint density at radius 2 is 1.96 bits per heavy atom.